The largest absolute Gasteiger partial charge is 0.363 e. The molecule has 0 aromatic heterocycles. The summed E-state index contributed by atoms with van der Waals surface area (Å²) < 4.78 is 3.29. The minimum atomic E-state index is -0.216. The fourth-order valence-corrected chi connectivity index (χ4v) is 1.97. The maximum atomic E-state index is 12.2. The predicted octanol–water partition coefficient (Wildman–Crippen LogP) is 2.26. The lowest BCUT2D eigenvalue weighted by Crippen LogP contribution is -2.32. The maximum absolute atomic E-state index is 12.2. The lowest BCUT2D eigenvalue weighted by atomic mass is 10.2. The molecule has 3 rings (SSSR count). The van der Waals surface area contributed by atoms with E-state index in [1.165, 1.54) is 4.68 Å². The number of carbonyl (C=O) groups excluding carboxylic acids is 1. The van der Waals surface area contributed by atoms with Gasteiger partial charge < -0.3 is 14.9 Å². The highest BCUT2D eigenvalue weighted by molar-refractivity contribution is 5.77. The Balaban J connectivity index is 1.80. The van der Waals surface area contributed by atoms with Gasteiger partial charge >= 0.3 is 6.03 Å². The summed E-state index contributed by atoms with van der Waals surface area (Å²) in [7, 11) is 0. The highest BCUT2D eigenvalue weighted by Gasteiger charge is 2.09. The molecular formula is C14H15N5O. The Bertz CT molecular complexity index is 701. The van der Waals surface area contributed by atoms with Gasteiger partial charge in [0.05, 0.1) is 0 Å². The van der Waals surface area contributed by atoms with E-state index in [1.807, 2.05) is 47.3 Å². The molecule has 1 aromatic carbocycles. The number of hydrogen-bond acceptors (Lipinski definition) is 1. The van der Waals surface area contributed by atoms with Crippen LogP contribution in [0.4, 0.5) is 4.79 Å². The van der Waals surface area contributed by atoms with Crippen LogP contribution in [0.1, 0.15) is 5.56 Å². The van der Waals surface area contributed by atoms with Crippen LogP contribution in [-0.4, -0.2) is 25.4 Å². The molecule has 1 aromatic rings. The second-order valence-corrected chi connectivity index (χ2v) is 4.32. The lowest BCUT2D eigenvalue weighted by Gasteiger charge is -2.16. The van der Waals surface area contributed by atoms with Crippen molar-refractivity contribution < 1.29 is 4.79 Å². The SMILES string of the molecule is O=C(NCc1ccccc1)n1[nH]ccn2cc[nH]cc1-2. The number of benzene rings is 1. The number of rotatable bonds is 2. The second-order valence-electron chi connectivity index (χ2n) is 4.32. The van der Waals surface area contributed by atoms with Gasteiger partial charge in [0, 0.05) is 37.5 Å². The normalized spacial score (nSPS) is 10.4. The van der Waals surface area contributed by atoms with Crippen molar-refractivity contribution in [3.8, 4) is 5.82 Å². The van der Waals surface area contributed by atoms with E-state index < -0.39 is 0 Å². The topological polar surface area (TPSA) is 70.5 Å². The first kappa shape index (κ1) is 12.2. The smallest absolute Gasteiger partial charge is 0.342 e. The molecule has 102 valence electrons. The van der Waals surface area contributed by atoms with Crippen molar-refractivity contribution in [3.63, 3.8) is 0 Å². The molecule has 3 N–H and O–H groups in total. The van der Waals surface area contributed by atoms with E-state index in [1.54, 1.807) is 18.6 Å². The summed E-state index contributed by atoms with van der Waals surface area (Å²) in [6.45, 7) is 0.484. The first-order valence-corrected chi connectivity index (χ1v) is 6.30. The zero-order valence-electron chi connectivity index (χ0n) is 10.8. The summed E-state index contributed by atoms with van der Waals surface area (Å²) in [5.41, 5.74) is 1.06. The quantitative estimate of drug-likeness (QED) is 0.656. The summed E-state index contributed by atoms with van der Waals surface area (Å²) in [5.74, 6) is 0.709. The van der Waals surface area contributed by atoms with Crippen LogP contribution in [0.15, 0.2) is 61.3 Å². The molecule has 2 aliphatic heterocycles. The zero-order valence-corrected chi connectivity index (χ0v) is 10.8. The number of nitrogens with zero attached hydrogens (tertiary/aromatic N) is 2. The number of aromatic amines is 2. The van der Waals surface area contributed by atoms with Gasteiger partial charge in [-0.15, -0.1) is 0 Å². The minimum absolute atomic E-state index is 0.216. The van der Waals surface area contributed by atoms with Crippen molar-refractivity contribution in [2.24, 2.45) is 0 Å². The third kappa shape index (κ3) is 2.44. The standard InChI is InChI=1S/C14H15N5O/c20-14(16-10-12-4-2-1-3-5-12)19-13-11-15-6-8-18(13)9-7-17-19/h1-9,11,15,17H,10H2,(H,16,20). The summed E-state index contributed by atoms with van der Waals surface area (Å²) in [4.78, 5) is 15.2. The van der Waals surface area contributed by atoms with Gasteiger partial charge in [0.1, 0.15) is 0 Å². The first-order valence-electron chi connectivity index (χ1n) is 6.30. The van der Waals surface area contributed by atoms with Gasteiger partial charge in [-0.25, -0.2) is 4.79 Å². The van der Waals surface area contributed by atoms with Crippen molar-refractivity contribution in [2.45, 2.75) is 6.54 Å². The third-order valence-electron chi connectivity index (χ3n) is 2.97. The summed E-state index contributed by atoms with van der Waals surface area (Å²) in [5, 5.41) is 5.78. The Morgan fingerprint density at radius 1 is 1.15 bits per heavy atom. The van der Waals surface area contributed by atoms with Crippen molar-refractivity contribution in [1.29, 1.82) is 0 Å². The van der Waals surface area contributed by atoms with Crippen LogP contribution >= 0.6 is 0 Å². The van der Waals surface area contributed by atoms with E-state index in [0.717, 1.165) is 5.56 Å². The van der Waals surface area contributed by atoms with Crippen LogP contribution in [0.25, 0.3) is 5.82 Å². The van der Waals surface area contributed by atoms with Gasteiger partial charge in [-0.1, -0.05) is 30.3 Å². The number of carbonyl (C=O) groups is 1. The lowest BCUT2D eigenvalue weighted by molar-refractivity contribution is 0.238. The molecule has 0 saturated heterocycles. The van der Waals surface area contributed by atoms with Gasteiger partial charge in [-0.3, -0.25) is 5.10 Å². The number of H-pyrrole nitrogens is 2. The molecule has 2 heterocycles. The molecule has 0 fully saturated rings. The number of amides is 1. The fraction of sp³-hybridized carbons (Fsp3) is 0.0714. The second kappa shape index (κ2) is 5.40. The molecule has 6 nitrogen and oxygen atoms in total. The maximum Gasteiger partial charge on any atom is 0.342 e. The van der Waals surface area contributed by atoms with Crippen LogP contribution in [0.3, 0.4) is 0 Å². The van der Waals surface area contributed by atoms with Crippen LogP contribution in [0.2, 0.25) is 0 Å². The molecule has 2 aliphatic rings. The van der Waals surface area contributed by atoms with Crippen LogP contribution in [0.5, 0.6) is 0 Å². The fourth-order valence-electron chi connectivity index (χ4n) is 1.97. The monoisotopic (exact) mass is 269 g/mol. The van der Waals surface area contributed by atoms with Gasteiger partial charge in [0.25, 0.3) is 0 Å². The number of aromatic nitrogens is 4. The molecule has 0 saturated carbocycles. The summed E-state index contributed by atoms with van der Waals surface area (Å²) >= 11 is 0. The first-order chi connectivity index (χ1) is 9.84. The van der Waals surface area contributed by atoms with Crippen molar-refractivity contribution in [2.75, 3.05) is 0 Å². The average Bonchev–Trinajstić information content (AvgIpc) is 2.53. The van der Waals surface area contributed by atoms with Gasteiger partial charge in [-0.05, 0) is 5.56 Å². The van der Waals surface area contributed by atoms with Crippen molar-refractivity contribution >= 4 is 6.03 Å². The van der Waals surface area contributed by atoms with E-state index in [9.17, 15) is 4.79 Å². The molecule has 20 heavy (non-hydrogen) atoms. The predicted molar refractivity (Wildman–Crippen MR) is 75.4 cm³/mol. The van der Waals surface area contributed by atoms with Gasteiger partial charge in [0.15, 0.2) is 5.82 Å². The highest BCUT2D eigenvalue weighted by Crippen LogP contribution is 2.05. The highest BCUT2D eigenvalue weighted by atomic mass is 16.2. The number of hydrogen-bond donors (Lipinski definition) is 3. The van der Waals surface area contributed by atoms with Gasteiger partial charge in [-0.2, -0.15) is 4.68 Å². The third-order valence-corrected chi connectivity index (χ3v) is 2.97. The summed E-state index contributed by atoms with van der Waals surface area (Å²) in [6, 6.07) is 9.57. The summed E-state index contributed by atoms with van der Waals surface area (Å²) in [6.07, 6.45) is 8.92. The van der Waals surface area contributed by atoms with E-state index in [4.69, 9.17) is 0 Å². The molecule has 0 atom stereocenters. The van der Waals surface area contributed by atoms with E-state index >= 15 is 0 Å². The minimum Gasteiger partial charge on any atom is -0.363 e. The van der Waals surface area contributed by atoms with Crippen LogP contribution in [-0.2, 0) is 6.54 Å². The number of fused-ring (bicyclic) bond motifs is 1. The Hall–Kier alpha value is -2.89. The molecule has 0 unspecified atom stereocenters. The molecular weight excluding hydrogens is 254 g/mol. The molecule has 0 aliphatic carbocycles. The molecule has 1 amide bonds. The molecule has 0 spiro atoms. The molecule has 0 radical (unpaired) electrons. The average molecular weight is 269 g/mol. The van der Waals surface area contributed by atoms with Crippen molar-refractivity contribution in [1.82, 2.24) is 24.6 Å². The van der Waals surface area contributed by atoms with Crippen molar-refractivity contribution in [3.05, 3.63) is 66.9 Å². The van der Waals surface area contributed by atoms with Crippen LogP contribution < -0.4 is 5.32 Å². The van der Waals surface area contributed by atoms with Gasteiger partial charge in [0.2, 0.25) is 0 Å². The van der Waals surface area contributed by atoms with Crippen LogP contribution in [0, 0.1) is 0 Å². The Morgan fingerprint density at radius 3 is 2.80 bits per heavy atom. The van der Waals surface area contributed by atoms with E-state index in [0.29, 0.717) is 12.4 Å². The van der Waals surface area contributed by atoms with E-state index in [-0.39, 0.29) is 6.03 Å². The zero-order chi connectivity index (χ0) is 13.8. The van der Waals surface area contributed by atoms with E-state index in [2.05, 4.69) is 15.4 Å². The Morgan fingerprint density at radius 2 is 1.95 bits per heavy atom. The molecule has 0 bridgehead atoms. The molecule has 6 heteroatoms. The Labute approximate surface area is 115 Å². The number of nitrogens with one attached hydrogen (secondary N) is 3. The Kier molecular flexibility index (Phi) is 3.28.